The molecule has 1 amide bonds. The fourth-order valence-electron chi connectivity index (χ4n) is 3.03. The van der Waals surface area contributed by atoms with Crippen molar-refractivity contribution >= 4 is 5.91 Å². The molecule has 110 valence electrons. The van der Waals surface area contributed by atoms with Gasteiger partial charge in [-0.1, -0.05) is 19.3 Å². The Morgan fingerprint density at radius 3 is 2.52 bits per heavy atom. The molecule has 1 fully saturated rings. The number of nitrogens with zero attached hydrogens (tertiary/aromatic N) is 3. The van der Waals surface area contributed by atoms with Crippen LogP contribution in [0.4, 0.5) is 0 Å². The second-order valence-electron chi connectivity index (χ2n) is 5.72. The molecule has 1 aromatic carbocycles. The largest absolute Gasteiger partial charge is 0.339 e. The van der Waals surface area contributed by atoms with Crippen LogP contribution in [0.15, 0.2) is 43.0 Å². The first-order chi connectivity index (χ1) is 10.3. The summed E-state index contributed by atoms with van der Waals surface area (Å²) in [7, 11) is 1.93. The van der Waals surface area contributed by atoms with Crippen LogP contribution >= 0.6 is 0 Å². The van der Waals surface area contributed by atoms with E-state index in [-0.39, 0.29) is 5.91 Å². The maximum Gasteiger partial charge on any atom is 0.253 e. The number of carbonyl (C=O) groups is 1. The Hall–Kier alpha value is -2.10. The van der Waals surface area contributed by atoms with Gasteiger partial charge in [0.25, 0.3) is 5.91 Å². The van der Waals surface area contributed by atoms with Crippen LogP contribution < -0.4 is 0 Å². The van der Waals surface area contributed by atoms with Crippen LogP contribution in [0, 0.1) is 0 Å². The van der Waals surface area contributed by atoms with Gasteiger partial charge >= 0.3 is 0 Å². The van der Waals surface area contributed by atoms with Crippen molar-refractivity contribution < 1.29 is 4.79 Å². The molecule has 0 spiro atoms. The second-order valence-corrected chi connectivity index (χ2v) is 5.72. The third-order valence-electron chi connectivity index (χ3n) is 4.36. The lowest BCUT2D eigenvalue weighted by molar-refractivity contribution is 0.0696. The average Bonchev–Trinajstić information content (AvgIpc) is 3.09. The third-order valence-corrected chi connectivity index (χ3v) is 4.36. The zero-order chi connectivity index (χ0) is 14.7. The minimum atomic E-state index is 0.124. The van der Waals surface area contributed by atoms with E-state index in [2.05, 4.69) is 4.98 Å². The summed E-state index contributed by atoms with van der Waals surface area (Å²) < 4.78 is 1.93. The summed E-state index contributed by atoms with van der Waals surface area (Å²) in [6, 6.07) is 8.13. The molecular weight excluding hydrogens is 262 g/mol. The highest BCUT2D eigenvalue weighted by Gasteiger charge is 2.22. The second kappa shape index (κ2) is 6.12. The van der Waals surface area contributed by atoms with Gasteiger partial charge < -0.3 is 9.47 Å². The first-order valence-corrected chi connectivity index (χ1v) is 7.61. The van der Waals surface area contributed by atoms with Gasteiger partial charge in [0.05, 0.1) is 6.33 Å². The van der Waals surface area contributed by atoms with Crippen LogP contribution in [0.1, 0.15) is 42.5 Å². The number of hydrogen-bond donors (Lipinski definition) is 0. The number of rotatable bonds is 3. The summed E-state index contributed by atoms with van der Waals surface area (Å²) in [5.41, 5.74) is 1.77. The molecule has 1 aliphatic carbocycles. The molecule has 1 aromatic heterocycles. The summed E-state index contributed by atoms with van der Waals surface area (Å²) in [6.45, 7) is 0. The van der Waals surface area contributed by atoms with Crippen molar-refractivity contribution in [3.8, 4) is 5.69 Å². The van der Waals surface area contributed by atoms with Crippen LogP contribution in [0.25, 0.3) is 5.69 Å². The SMILES string of the molecule is CN(C(=O)c1ccc(-n2ccnc2)cc1)C1CCCCC1. The minimum absolute atomic E-state index is 0.124. The van der Waals surface area contributed by atoms with Crippen molar-refractivity contribution in [3.63, 3.8) is 0 Å². The van der Waals surface area contributed by atoms with Crippen LogP contribution in [0.5, 0.6) is 0 Å². The number of imidazole rings is 1. The minimum Gasteiger partial charge on any atom is -0.339 e. The van der Waals surface area contributed by atoms with E-state index in [0.717, 1.165) is 24.1 Å². The zero-order valence-corrected chi connectivity index (χ0v) is 12.4. The summed E-state index contributed by atoms with van der Waals surface area (Å²) in [5, 5.41) is 0. The van der Waals surface area contributed by atoms with E-state index in [1.165, 1.54) is 19.3 Å². The fourth-order valence-corrected chi connectivity index (χ4v) is 3.03. The molecule has 0 radical (unpaired) electrons. The van der Waals surface area contributed by atoms with Crippen molar-refractivity contribution in [1.29, 1.82) is 0 Å². The summed E-state index contributed by atoms with van der Waals surface area (Å²) >= 11 is 0. The van der Waals surface area contributed by atoms with Gasteiger partial charge in [0.2, 0.25) is 0 Å². The molecular formula is C17H21N3O. The van der Waals surface area contributed by atoms with Gasteiger partial charge in [-0.3, -0.25) is 4.79 Å². The van der Waals surface area contributed by atoms with E-state index in [0.29, 0.717) is 6.04 Å². The van der Waals surface area contributed by atoms with Crippen molar-refractivity contribution in [2.24, 2.45) is 0 Å². The predicted molar refractivity (Wildman–Crippen MR) is 82.5 cm³/mol. The van der Waals surface area contributed by atoms with Gasteiger partial charge in [0.1, 0.15) is 0 Å². The zero-order valence-electron chi connectivity index (χ0n) is 12.4. The number of carbonyl (C=O) groups excluding carboxylic acids is 1. The Kier molecular flexibility index (Phi) is 4.04. The monoisotopic (exact) mass is 283 g/mol. The van der Waals surface area contributed by atoms with Gasteiger partial charge in [0.15, 0.2) is 0 Å². The van der Waals surface area contributed by atoms with Crippen molar-refractivity contribution in [2.75, 3.05) is 7.05 Å². The topological polar surface area (TPSA) is 38.1 Å². The lowest BCUT2D eigenvalue weighted by Gasteiger charge is -2.31. The van der Waals surface area contributed by atoms with Crippen molar-refractivity contribution in [3.05, 3.63) is 48.5 Å². The Balaban J connectivity index is 1.72. The van der Waals surface area contributed by atoms with Crippen molar-refractivity contribution in [1.82, 2.24) is 14.5 Å². The average molecular weight is 283 g/mol. The van der Waals surface area contributed by atoms with Gasteiger partial charge in [-0.15, -0.1) is 0 Å². The standard InChI is InChI=1S/C17H21N3O/c1-19(15-5-3-2-4-6-15)17(21)14-7-9-16(10-8-14)20-12-11-18-13-20/h7-13,15H,2-6H2,1H3. The van der Waals surface area contributed by atoms with Gasteiger partial charge in [-0.25, -0.2) is 4.98 Å². The predicted octanol–water partition coefficient (Wildman–Crippen LogP) is 3.28. The summed E-state index contributed by atoms with van der Waals surface area (Å²) in [5.74, 6) is 0.124. The van der Waals surface area contributed by atoms with Crippen LogP contribution in [0.2, 0.25) is 0 Å². The maximum absolute atomic E-state index is 12.5. The molecule has 1 saturated carbocycles. The highest BCUT2D eigenvalue weighted by molar-refractivity contribution is 5.94. The molecule has 0 atom stereocenters. The number of hydrogen-bond acceptors (Lipinski definition) is 2. The Bertz CT molecular complexity index is 583. The Morgan fingerprint density at radius 2 is 1.90 bits per heavy atom. The molecule has 0 bridgehead atoms. The van der Waals surface area contributed by atoms with E-state index in [1.807, 2.05) is 47.0 Å². The van der Waals surface area contributed by atoms with E-state index in [9.17, 15) is 4.79 Å². The smallest absolute Gasteiger partial charge is 0.253 e. The van der Waals surface area contributed by atoms with E-state index >= 15 is 0 Å². The van der Waals surface area contributed by atoms with E-state index in [1.54, 1.807) is 12.5 Å². The lowest BCUT2D eigenvalue weighted by atomic mass is 9.94. The molecule has 3 rings (SSSR count). The fraction of sp³-hybridized carbons (Fsp3) is 0.412. The van der Waals surface area contributed by atoms with E-state index < -0.39 is 0 Å². The Labute approximate surface area is 125 Å². The molecule has 4 heteroatoms. The van der Waals surface area contributed by atoms with Crippen LogP contribution in [-0.2, 0) is 0 Å². The number of benzene rings is 1. The van der Waals surface area contributed by atoms with Crippen LogP contribution in [0.3, 0.4) is 0 Å². The quantitative estimate of drug-likeness (QED) is 0.867. The molecule has 2 aromatic rings. The lowest BCUT2D eigenvalue weighted by Crippen LogP contribution is -2.38. The van der Waals surface area contributed by atoms with Crippen molar-refractivity contribution in [2.45, 2.75) is 38.1 Å². The normalized spacial score (nSPS) is 15.9. The van der Waals surface area contributed by atoms with Gasteiger partial charge in [0, 0.05) is 36.7 Å². The number of aromatic nitrogens is 2. The molecule has 21 heavy (non-hydrogen) atoms. The van der Waals surface area contributed by atoms with Gasteiger partial charge in [-0.05, 0) is 37.1 Å². The van der Waals surface area contributed by atoms with E-state index in [4.69, 9.17) is 0 Å². The summed E-state index contributed by atoms with van der Waals surface area (Å²) in [4.78, 5) is 18.5. The molecule has 1 heterocycles. The van der Waals surface area contributed by atoms with Crippen LogP contribution in [-0.4, -0.2) is 33.4 Å². The molecule has 4 nitrogen and oxygen atoms in total. The molecule has 0 unspecified atom stereocenters. The number of amides is 1. The first kappa shape index (κ1) is 13.9. The third kappa shape index (κ3) is 2.99. The highest BCUT2D eigenvalue weighted by Crippen LogP contribution is 2.23. The van der Waals surface area contributed by atoms with Gasteiger partial charge in [-0.2, -0.15) is 0 Å². The Morgan fingerprint density at radius 1 is 1.19 bits per heavy atom. The first-order valence-electron chi connectivity index (χ1n) is 7.61. The summed E-state index contributed by atoms with van der Waals surface area (Å²) in [6.07, 6.45) is 11.4. The molecule has 0 saturated heterocycles. The highest BCUT2D eigenvalue weighted by atomic mass is 16.2. The maximum atomic E-state index is 12.5. The molecule has 0 N–H and O–H groups in total. The molecule has 0 aliphatic heterocycles. The molecule has 1 aliphatic rings.